The van der Waals surface area contributed by atoms with Crippen molar-refractivity contribution in [3.8, 4) is 0 Å². The van der Waals surface area contributed by atoms with E-state index in [1.807, 2.05) is 18.2 Å². The number of hydrogen-bond acceptors (Lipinski definition) is 6. The number of carbonyl (C=O) groups excluding carboxylic acids is 1. The normalized spacial score (nSPS) is 12.1. The molecular weight excluding hydrogens is 376 g/mol. The lowest BCUT2D eigenvalue weighted by molar-refractivity contribution is 0.0996. The van der Waals surface area contributed by atoms with E-state index < -0.39 is 5.91 Å². The molecule has 30 heavy (non-hydrogen) atoms. The number of amides is 1. The van der Waals surface area contributed by atoms with Gasteiger partial charge in [0.2, 0.25) is 0 Å². The Balaban J connectivity index is 1.70. The standard InChI is InChI=1S/C23H28N6O/c1-29(2)15-20(18-9-4-3-5-10-18)26-13-17-8-6-7-16(11-17)12-19-14-27-22(24)21(28-19)23(25)30/h3-11,14,20,26H,12-13,15H2,1-2H3,(H2,24,27)(H2,25,30). The summed E-state index contributed by atoms with van der Waals surface area (Å²) in [5.74, 6) is -0.621. The summed E-state index contributed by atoms with van der Waals surface area (Å²) in [6, 6.07) is 19.0. The molecule has 0 aliphatic rings. The molecule has 1 heterocycles. The lowest BCUT2D eigenvalue weighted by atomic mass is 10.0. The van der Waals surface area contributed by atoms with Gasteiger partial charge in [-0.2, -0.15) is 0 Å². The largest absolute Gasteiger partial charge is 0.382 e. The van der Waals surface area contributed by atoms with Crippen molar-refractivity contribution in [1.29, 1.82) is 0 Å². The second kappa shape index (κ2) is 9.96. The topological polar surface area (TPSA) is 110 Å². The molecule has 0 aliphatic heterocycles. The van der Waals surface area contributed by atoms with Crippen LogP contribution in [0, 0.1) is 0 Å². The van der Waals surface area contributed by atoms with Gasteiger partial charge in [-0.05, 0) is 30.8 Å². The Kier molecular flexibility index (Phi) is 7.11. The van der Waals surface area contributed by atoms with Crippen LogP contribution in [0.4, 0.5) is 5.82 Å². The van der Waals surface area contributed by atoms with Gasteiger partial charge in [-0.15, -0.1) is 0 Å². The Morgan fingerprint density at radius 3 is 2.53 bits per heavy atom. The number of nitrogens with two attached hydrogens (primary N) is 2. The molecule has 156 valence electrons. The number of rotatable bonds is 9. The number of primary amides is 1. The lowest BCUT2D eigenvalue weighted by Crippen LogP contribution is -2.30. The summed E-state index contributed by atoms with van der Waals surface area (Å²) in [4.78, 5) is 21.9. The number of hydrogen-bond donors (Lipinski definition) is 3. The van der Waals surface area contributed by atoms with E-state index in [4.69, 9.17) is 11.5 Å². The number of nitrogens with zero attached hydrogens (tertiary/aromatic N) is 3. The molecule has 0 aliphatic carbocycles. The number of nitrogen functional groups attached to an aromatic ring is 1. The van der Waals surface area contributed by atoms with E-state index >= 15 is 0 Å². The summed E-state index contributed by atoms with van der Waals surface area (Å²) in [6.45, 7) is 1.64. The summed E-state index contributed by atoms with van der Waals surface area (Å²) >= 11 is 0. The smallest absolute Gasteiger partial charge is 0.271 e. The first kappa shape index (κ1) is 21.4. The molecule has 1 amide bonds. The summed E-state index contributed by atoms with van der Waals surface area (Å²) in [7, 11) is 4.15. The van der Waals surface area contributed by atoms with Gasteiger partial charge in [0.25, 0.3) is 5.91 Å². The quantitative estimate of drug-likeness (QED) is 0.504. The number of aromatic nitrogens is 2. The Bertz CT molecular complexity index is 990. The van der Waals surface area contributed by atoms with Crippen LogP contribution in [0.1, 0.15) is 38.9 Å². The Labute approximate surface area is 177 Å². The molecule has 1 atom stereocenters. The minimum absolute atomic E-state index is 0.0136. The van der Waals surface area contributed by atoms with Gasteiger partial charge < -0.3 is 21.7 Å². The molecule has 3 aromatic rings. The molecule has 0 radical (unpaired) electrons. The van der Waals surface area contributed by atoms with Gasteiger partial charge in [0.15, 0.2) is 11.5 Å². The Morgan fingerprint density at radius 1 is 1.10 bits per heavy atom. The fourth-order valence-electron chi connectivity index (χ4n) is 3.34. The van der Waals surface area contributed by atoms with Crippen molar-refractivity contribution in [2.24, 2.45) is 5.73 Å². The van der Waals surface area contributed by atoms with E-state index in [9.17, 15) is 4.79 Å². The average Bonchev–Trinajstić information content (AvgIpc) is 2.73. The first-order valence-corrected chi connectivity index (χ1v) is 9.84. The van der Waals surface area contributed by atoms with Gasteiger partial charge in [-0.25, -0.2) is 9.97 Å². The summed E-state index contributed by atoms with van der Waals surface area (Å²) in [5.41, 5.74) is 15.2. The predicted molar refractivity (Wildman–Crippen MR) is 119 cm³/mol. The zero-order valence-corrected chi connectivity index (χ0v) is 17.4. The molecule has 0 bridgehead atoms. The second-order valence-electron chi connectivity index (χ2n) is 7.56. The fraction of sp³-hybridized carbons (Fsp3) is 0.261. The number of anilines is 1. The Morgan fingerprint density at radius 2 is 1.83 bits per heavy atom. The van der Waals surface area contributed by atoms with Crippen molar-refractivity contribution in [3.63, 3.8) is 0 Å². The average molecular weight is 405 g/mol. The molecule has 1 aromatic heterocycles. The van der Waals surface area contributed by atoms with Gasteiger partial charge >= 0.3 is 0 Å². The maximum absolute atomic E-state index is 11.5. The van der Waals surface area contributed by atoms with E-state index in [1.54, 1.807) is 6.20 Å². The summed E-state index contributed by atoms with van der Waals surface area (Å²) in [5, 5.41) is 3.66. The van der Waals surface area contributed by atoms with Crippen molar-refractivity contribution in [3.05, 3.63) is 88.9 Å². The molecule has 1 unspecified atom stereocenters. The minimum Gasteiger partial charge on any atom is -0.382 e. The molecule has 5 N–H and O–H groups in total. The van der Waals surface area contributed by atoms with E-state index in [2.05, 4.69) is 70.7 Å². The van der Waals surface area contributed by atoms with Gasteiger partial charge in [0, 0.05) is 25.6 Å². The van der Waals surface area contributed by atoms with Crippen molar-refractivity contribution in [2.45, 2.75) is 19.0 Å². The highest BCUT2D eigenvalue weighted by Crippen LogP contribution is 2.16. The van der Waals surface area contributed by atoms with E-state index in [-0.39, 0.29) is 17.6 Å². The predicted octanol–water partition coefficient (Wildman–Crippen LogP) is 2.14. The van der Waals surface area contributed by atoms with Crippen molar-refractivity contribution < 1.29 is 4.79 Å². The molecule has 0 fully saturated rings. The van der Waals surface area contributed by atoms with Gasteiger partial charge in [-0.3, -0.25) is 4.79 Å². The van der Waals surface area contributed by atoms with Crippen LogP contribution < -0.4 is 16.8 Å². The van der Waals surface area contributed by atoms with Gasteiger partial charge in [-0.1, -0.05) is 54.6 Å². The zero-order chi connectivity index (χ0) is 21.5. The van der Waals surface area contributed by atoms with Crippen LogP contribution >= 0.6 is 0 Å². The third kappa shape index (κ3) is 5.85. The highest BCUT2D eigenvalue weighted by Gasteiger charge is 2.13. The molecule has 0 spiro atoms. The van der Waals surface area contributed by atoms with Crippen LogP contribution in [-0.4, -0.2) is 41.4 Å². The molecule has 7 heteroatoms. The molecule has 0 saturated heterocycles. The highest BCUT2D eigenvalue weighted by atomic mass is 16.1. The molecule has 2 aromatic carbocycles. The van der Waals surface area contributed by atoms with Crippen LogP contribution in [0.15, 0.2) is 60.8 Å². The van der Waals surface area contributed by atoms with E-state index in [1.165, 1.54) is 11.1 Å². The number of carbonyl (C=O) groups is 1. The van der Waals surface area contributed by atoms with Crippen LogP contribution in [0.3, 0.4) is 0 Å². The molecular formula is C23H28N6O. The van der Waals surface area contributed by atoms with Crippen molar-refractivity contribution >= 4 is 11.7 Å². The first-order chi connectivity index (χ1) is 14.4. The monoisotopic (exact) mass is 404 g/mol. The maximum Gasteiger partial charge on any atom is 0.271 e. The molecule has 3 rings (SSSR count). The third-order valence-corrected chi connectivity index (χ3v) is 4.76. The van der Waals surface area contributed by atoms with Gasteiger partial charge in [0.05, 0.1) is 11.9 Å². The first-order valence-electron chi connectivity index (χ1n) is 9.84. The van der Waals surface area contributed by atoms with E-state index in [0.717, 1.165) is 18.7 Å². The van der Waals surface area contributed by atoms with Crippen molar-refractivity contribution in [2.75, 3.05) is 26.4 Å². The SMILES string of the molecule is CN(C)CC(NCc1cccc(Cc2cnc(N)c(C(N)=O)n2)c1)c1ccccc1. The summed E-state index contributed by atoms with van der Waals surface area (Å²) in [6.07, 6.45) is 2.12. The lowest BCUT2D eigenvalue weighted by Gasteiger charge is -2.23. The van der Waals surface area contributed by atoms with Crippen LogP contribution in [0.2, 0.25) is 0 Å². The van der Waals surface area contributed by atoms with E-state index in [0.29, 0.717) is 12.1 Å². The fourth-order valence-corrected chi connectivity index (χ4v) is 3.34. The minimum atomic E-state index is -0.673. The Hall–Kier alpha value is -3.29. The molecule has 7 nitrogen and oxygen atoms in total. The third-order valence-electron chi connectivity index (χ3n) is 4.76. The maximum atomic E-state index is 11.5. The number of likely N-dealkylation sites (N-methyl/N-ethyl adjacent to an activating group) is 1. The zero-order valence-electron chi connectivity index (χ0n) is 17.4. The van der Waals surface area contributed by atoms with Gasteiger partial charge in [0.1, 0.15) is 0 Å². The van der Waals surface area contributed by atoms with Crippen molar-refractivity contribution in [1.82, 2.24) is 20.2 Å². The van der Waals surface area contributed by atoms with Crippen LogP contribution in [0.5, 0.6) is 0 Å². The second-order valence-corrected chi connectivity index (χ2v) is 7.56. The highest BCUT2D eigenvalue weighted by molar-refractivity contribution is 5.94. The summed E-state index contributed by atoms with van der Waals surface area (Å²) < 4.78 is 0. The number of benzene rings is 2. The molecule has 0 saturated carbocycles. The van der Waals surface area contributed by atoms with Crippen LogP contribution in [-0.2, 0) is 13.0 Å². The number of nitrogens with one attached hydrogen (secondary N) is 1. The van der Waals surface area contributed by atoms with Crippen LogP contribution in [0.25, 0.3) is 0 Å².